The molecule has 1 aromatic heterocycles. The molecule has 5 heteroatoms. The first-order chi connectivity index (χ1) is 11.2. The molecule has 0 fully saturated rings. The summed E-state index contributed by atoms with van der Waals surface area (Å²) in [5.74, 6) is 0.492. The Morgan fingerprint density at radius 1 is 1.13 bits per heavy atom. The van der Waals surface area contributed by atoms with Crippen LogP contribution in [0.5, 0.6) is 0 Å². The van der Waals surface area contributed by atoms with E-state index in [1.165, 1.54) is 6.08 Å². The monoisotopic (exact) mass is 304 g/mol. The summed E-state index contributed by atoms with van der Waals surface area (Å²) in [6.45, 7) is 3.45. The van der Waals surface area contributed by atoms with E-state index in [4.69, 9.17) is 0 Å². The van der Waals surface area contributed by atoms with E-state index < -0.39 is 0 Å². The van der Waals surface area contributed by atoms with Gasteiger partial charge in [0.1, 0.15) is 5.82 Å². The van der Waals surface area contributed by atoms with Crippen LogP contribution >= 0.6 is 0 Å². The van der Waals surface area contributed by atoms with Crippen molar-refractivity contribution in [1.82, 2.24) is 9.97 Å². The molecule has 0 unspecified atom stereocenters. The van der Waals surface area contributed by atoms with Crippen LogP contribution in [0.4, 0.5) is 11.5 Å². The van der Waals surface area contributed by atoms with Crippen LogP contribution < -0.4 is 10.6 Å². The Hall–Kier alpha value is -3.21. The minimum atomic E-state index is -0.231. The lowest BCUT2D eigenvalue weighted by Gasteiger charge is -2.07. The second-order valence-corrected chi connectivity index (χ2v) is 4.98. The summed E-state index contributed by atoms with van der Waals surface area (Å²) < 4.78 is 0. The van der Waals surface area contributed by atoms with Gasteiger partial charge in [-0.2, -0.15) is 0 Å². The quantitative estimate of drug-likeness (QED) is 0.724. The number of benzene rings is 2. The van der Waals surface area contributed by atoms with Crippen LogP contribution in [0.15, 0.2) is 61.3 Å². The molecule has 5 nitrogen and oxygen atoms in total. The van der Waals surface area contributed by atoms with Crippen molar-refractivity contribution in [3.05, 3.63) is 61.3 Å². The van der Waals surface area contributed by atoms with Gasteiger partial charge in [0.15, 0.2) is 0 Å². The molecule has 2 aromatic carbocycles. The van der Waals surface area contributed by atoms with Gasteiger partial charge < -0.3 is 10.6 Å². The first-order valence-corrected chi connectivity index (χ1v) is 7.18. The molecule has 0 radical (unpaired) electrons. The molecule has 1 heterocycles. The molecular weight excluding hydrogens is 288 g/mol. The van der Waals surface area contributed by atoms with Gasteiger partial charge in [0, 0.05) is 12.7 Å². The van der Waals surface area contributed by atoms with Gasteiger partial charge in [-0.3, -0.25) is 9.78 Å². The van der Waals surface area contributed by atoms with Gasteiger partial charge in [-0.25, -0.2) is 4.98 Å². The third-order valence-electron chi connectivity index (χ3n) is 3.45. The van der Waals surface area contributed by atoms with Crippen molar-refractivity contribution in [2.75, 3.05) is 17.7 Å². The number of carbonyl (C=O) groups is 1. The lowest BCUT2D eigenvalue weighted by molar-refractivity contribution is -0.111. The highest BCUT2D eigenvalue weighted by Crippen LogP contribution is 2.25. The lowest BCUT2D eigenvalue weighted by atomic mass is 10.0. The Morgan fingerprint density at radius 2 is 1.96 bits per heavy atom. The van der Waals surface area contributed by atoms with Crippen LogP contribution in [0.25, 0.3) is 22.2 Å². The van der Waals surface area contributed by atoms with Gasteiger partial charge in [-0.15, -0.1) is 0 Å². The largest absolute Gasteiger partial charge is 0.372 e. The van der Waals surface area contributed by atoms with Crippen molar-refractivity contribution in [2.45, 2.75) is 0 Å². The molecule has 23 heavy (non-hydrogen) atoms. The van der Waals surface area contributed by atoms with E-state index >= 15 is 0 Å². The van der Waals surface area contributed by atoms with Gasteiger partial charge in [-0.05, 0) is 41.5 Å². The highest BCUT2D eigenvalue weighted by Gasteiger charge is 2.04. The lowest BCUT2D eigenvalue weighted by Crippen LogP contribution is -2.06. The van der Waals surface area contributed by atoms with E-state index in [1.54, 1.807) is 6.20 Å². The van der Waals surface area contributed by atoms with Crippen LogP contribution in [0.1, 0.15) is 0 Å². The number of hydrogen-bond acceptors (Lipinski definition) is 4. The smallest absolute Gasteiger partial charge is 0.247 e. The Morgan fingerprint density at radius 3 is 2.74 bits per heavy atom. The molecule has 0 atom stereocenters. The van der Waals surface area contributed by atoms with Gasteiger partial charge in [0.2, 0.25) is 5.91 Å². The summed E-state index contributed by atoms with van der Waals surface area (Å²) in [5.41, 5.74) is 4.38. The second-order valence-electron chi connectivity index (χ2n) is 4.98. The number of carbonyl (C=O) groups excluding carboxylic acids is 1. The number of aromatic nitrogens is 2. The van der Waals surface area contributed by atoms with Crippen molar-refractivity contribution < 1.29 is 4.79 Å². The zero-order valence-corrected chi connectivity index (χ0v) is 12.7. The fraction of sp³-hybridized carbons (Fsp3) is 0.0556. The molecule has 0 aliphatic heterocycles. The van der Waals surface area contributed by atoms with Crippen molar-refractivity contribution >= 4 is 28.4 Å². The van der Waals surface area contributed by atoms with Crippen molar-refractivity contribution in [2.24, 2.45) is 0 Å². The van der Waals surface area contributed by atoms with Crippen LogP contribution in [-0.4, -0.2) is 22.9 Å². The minimum Gasteiger partial charge on any atom is -0.372 e. The average molecular weight is 304 g/mol. The normalized spacial score (nSPS) is 10.3. The molecule has 3 aromatic rings. The maximum absolute atomic E-state index is 11.4. The van der Waals surface area contributed by atoms with E-state index in [0.717, 1.165) is 33.7 Å². The average Bonchev–Trinajstić information content (AvgIpc) is 2.60. The standard InChI is InChI=1S/C18H16N4O/c1-3-18(23)21-14-6-4-5-12(9-14)13-7-8-15-16(10-13)22-17(19-2)11-20-15/h3-11H,1H2,2H3,(H,19,22)(H,21,23). The topological polar surface area (TPSA) is 66.9 Å². The van der Waals surface area contributed by atoms with Gasteiger partial charge >= 0.3 is 0 Å². The van der Waals surface area contributed by atoms with Crippen molar-refractivity contribution in [3.63, 3.8) is 0 Å². The molecule has 0 aliphatic carbocycles. The Kier molecular flexibility index (Phi) is 4.01. The molecule has 0 aliphatic rings. The van der Waals surface area contributed by atoms with Crippen LogP contribution in [0.3, 0.4) is 0 Å². The Bertz CT molecular complexity index is 889. The molecule has 0 saturated carbocycles. The fourth-order valence-electron chi connectivity index (χ4n) is 2.28. The fourth-order valence-corrected chi connectivity index (χ4v) is 2.28. The third-order valence-corrected chi connectivity index (χ3v) is 3.45. The van der Waals surface area contributed by atoms with Crippen LogP contribution in [-0.2, 0) is 4.79 Å². The number of amides is 1. The zero-order chi connectivity index (χ0) is 16.2. The molecular formula is C18H16N4O. The first kappa shape index (κ1) is 14.7. The summed E-state index contributed by atoms with van der Waals surface area (Å²) in [4.78, 5) is 20.3. The maximum Gasteiger partial charge on any atom is 0.247 e. The number of rotatable bonds is 4. The first-order valence-electron chi connectivity index (χ1n) is 7.18. The van der Waals surface area contributed by atoms with Crippen LogP contribution in [0.2, 0.25) is 0 Å². The predicted octanol–water partition coefficient (Wildman–Crippen LogP) is 3.46. The highest BCUT2D eigenvalue weighted by molar-refractivity contribution is 5.99. The Balaban J connectivity index is 2.00. The second kappa shape index (κ2) is 6.27. The minimum absolute atomic E-state index is 0.231. The predicted molar refractivity (Wildman–Crippen MR) is 93.3 cm³/mol. The van der Waals surface area contributed by atoms with Crippen LogP contribution in [0, 0.1) is 0 Å². The summed E-state index contributed by atoms with van der Waals surface area (Å²) in [6, 6.07) is 13.5. The van der Waals surface area contributed by atoms with E-state index in [1.807, 2.05) is 49.5 Å². The third kappa shape index (κ3) is 3.18. The summed E-state index contributed by atoms with van der Waals surface area (Å²) in [6.07, 6.45) is 2.95. The highest BCUT2D eigenvalue weighted by atomic mass is 16.1. The number of nitrogens with zero attached hydrogens (tertiary/aromatic N) is 2. The number of anilines is 2. The number of hydrogen-bond donors (Lipinski definition) is 2. The van der Waals surface area contributed by atoms with E-state index in [2.05, 4.69) is 27.2 Å². The summed E-state index contributed by atoms with van der Waals surface area (Å²) >= 11 is 0. The molecule has 114 valence electrons. The molecule has 3 rings (SSSR count). The SMILES string of the molecule is C=CC(=O)Nc1cccc(-c2ccc3ncc(NC)nc3c2)c1. The van der Waals surface area contributed by atoms with E-state index in [9.17, 15) is 4.79 Å². The zero-order valence-electron chi connectivity index (χ0n) is 12.7. The molecule has 1 amide bonds. The van der Waals surface area contributed by atoms with Gasteiger partial charge in [0.05, 0.1) is 17.2 Å². The number of nitrogens with one attached hydrogen (secondary N) is 2. The summed E-state index contributed by atoms with van der Waals surface area (Å²) in [7, 11) is 1.81. The molecule has 0 bridgehead atoms. The molecule has 0 saturated heterocycles. The van der Waals surface area contributed by atoms with Crippen molar-refractivity contribution in [1.29, 1.82) is 0 Å². The number of fused-ring (bicyclic) bond motifs is 1. The van der Waals surface area contributed by atoms with E-state index in [0.29, 0.717) is 0 Å². The Labute approximate surface area is 134 Å². The van der Waals surface area contributed by atoms with E-state index in [-0.39, 0.29) is 5.91 Å². The molecule has 2 N–H and O–H groups in total. The summed E-state index contributed by atoms with van der Waals surface area (Å²) in [5, 5.41) is 5.75. The van der Waals surface area contributed by atoms with Gasteiger partial charge in [0.25, 0.3) is 0 Å². The van der Waals surface area contributed by atoms with Crippen molar-refractivity contribution in [3.8, 4) is 11.1 Å². The molecule has 0 spiro atoms. The van der Waals surface area contributed by atoms with Gasteiger partial charge in [-0.1, -0.05) is 24.8 Å². The maximum atomic E-state index is 11.4.